The maximum Gasteiger partial charge on any atom is 0.124 e. The molecule has 0 radical (unpaired) electrons. The van der Waals surface area contributed by atoms with Gasteiger partial charge in [0.05, 0.1) is 13.2 Å². The fraction of sp³-hybridized carbons (Fsp3) is 0.294. The second-order valence-corrected chi connectivity index (χ2v) is 6.78. The zero-order chi connectivity index (χ0) is 15.6. The third kappa shape index (κ3) is 3.50. The summed E-state index contributed by atoms with van der Waals surface area (Å²) in [5.41, 5.74) is 4.71. The highest BCUT2D eigenvalue weighted by atomic mass is 79.9. The zero-order valence-electron chi connectivity index (χ0n) is 12.6. The lowest BCUT2D eigenvalue weighted by atomic mass is 9.96. The lowest BCUT2D eigenvalue weighted by Gasteiger charge is -2.21. The van der Waals surface area contributed by atoms with Gasteiger partial charge < -0.3 is 10.1 Å². The molecule has 0 bridgehead atoms. The van der Waals surface area contributed by atoms with Crippen LogP contribution < -0.4 is 10.1 Å². The molecular formula is C17H19Br2NO. The molecule has 0 spiro atoms. The second-order valence-electron chi connectivity index (χ2n) is 5.07. The SMILES string of the molecule is CNC(c1ccc(C)c(Br)c1)c1cc(Br)c(C)cc1OC. The number of hydrogen-bond acceptors (Lipinski definition) is 2. The fourth-order valence-corrected chi connectivity index (χ4v) is 3.12. The average Bonchev–Trinajstić information content (AvgIpc) is 2.46. The fourth-order valence-electron chi connectivity index (χ4n) is 2.36. The van der Waals surface area contributed by atoms with Crippen LogP contribution in [0.25, 0.3) is 0 Å². The van der Waals surface area contributed by atoms with Crippen LogP contribution >= 0.6 is 31.9 Å². The number of aryl methyl sites for hydroxylation is 2. The van der Waals surface area contributed by atoms with Crippen molar-refractivity contribution in [3.63, 3.8) is 0 Å². The van der Waals surface area contributed by atoms with Crippen LogP contribution in [0.4, 0.5) is 0 Å². The molecule has 1 unspecified atom stereocenters. The minimum Gasteiger partial charge on any atom is -0.496 e. The molecule has 0 saturated heterocycles. The van der Waals surface area contributed by atoms with Crippen molar-refractivity contribution in [1.29, 1.82) is 0 Å². The third-order valence-electron chi connectivity index (χ3n) is 3.64. The van der Waals surface area contributed by atoms with Crippen molar-refractivity contribution in [2.24, 2.45) is 0 Å². The number of halogens is 2. The largest absolute Gasteiger partial charge is 0.496 e. The highest BCUT2D eigenvalue weighted by Gasteiger charge is 2.18. The summed E-state index contributed by atoms with van der Waals surface area (Å²) < 4.78 is 7.77. The van der Waals surface area contributed by atoms with Crippen molar-refractivity contribution in [2.75, 3.05) is 14.2 Å². The molecule has 0 aliphatic carbocycles. The number of nitrogens with one attached hydrogen (secondary N) is 1. The van der Waals surface area contributed by atoms with Crippen LogP contribution in [-0.2, 0) is 0 Å². The summed E-state index contributed by atoms with van der Waals surface area (Å²) in [6.07, 6.45) is 0. The molecule has 1 atom stereocenters. The van der Waals surface area contributed by atoms with Gasteiger partial charge in [-0.2, -0.15) is 0 Å². The van der Waals surface area contributed by atoms with Crippen LogP contribution in [0.1, 0.15) is 28.3 Å². The Hall–Kier alpha value is -0.840. The molecule has 4 heteroatoms. The summed E-state index contributed by atoms with van der Waals surface area (Å²) in [6.45, 7) is 4.15. The number of ether oxygens (including phenoxy) is 1. The van der Waals surface area contributed by atoms with Gasteiger partial charge in [0.25, 0.3) is 0 Å². The summed E-state index contributed by atoms with van der Waals surface area (Å²) in [5.74, 6) is 0.895. The predicted octanol–water partition coefficient (Wildman–Crippen LogP) is 5.15. The summed E-state index contributed by atoms with van der Waals surface area (Å²) in [7, 11) is 3.68. The minimum absolute atomic E-state index is 0.0775. The average molecular weight is 413 g/mol. The molecular weight excluding hydrogens is 394 g/mol. The number of benzene rings is 2. The predicted molar refractivity (Wildman–Crippen MR) is 95.2 cm³/mol. The molecule has 2 aromatic rings. The summed E-state index contributed by atoms with van der Waals surface area (Å²) in [6, 6.07) is 10.7. The van der Waals surface area contributed by atoms with E-state index in [-0.39, 0.29) is 6.04 Å². The van der Waals surface area contributed by atoms with Crippen LogP contribution in [0, 0.1) is 13.8 Å². The first-order valence-corrected chi connectivity index (χ1v) is 8.34. The van der Waals surface area contributed by atoms with Gasteiger partial charge in [-0.3, -0.25) is 0 Å². The van der Waals surface area contributed by atoms with E-state index in [4.69, 9.17) is 4.74 Å². The van der Waals surface area contributed by atoms with E-state index in [9.17, 15) is 0 Å². The Morgan fingerprint density at radius 3 is 2.24 bits per heavy atom. The molecule has 0 fully saturated rings. The van der Waals surface area contributed by atoms with Crippen LogP contribution in [0.15, 0.2) is 39.3 Å². The number of hydrogen-bond donors (Lipinski definition) is 1. The molecule has 2 nitrogen and oxygen atoms in total. The molecule has 1 N–H and O–H groups in total. The first-order valence-electron chi connectivity index (χ1n) is 6.75. The van der Waals surface area contributed by atoms with Crippen LogP contribution in [0.3, 0.4) is 0 Å². The summed E-state index contributed by atoms with van der Waals surface area (Å²) >= 11 is 7.22. The van der Waals surface area contributed by atoms with E-state index in [0.29, 0.717) is 0 Å². The molecule has 0 heterocycles. The molecule has 0 aliphatic heterocycles. The van der Waals surface area contributed by atoms with E-state index in [0.717, 1.165) is 25.8 Å². The normalized spacial score (nSPS) is 12.3. The Morgan fingerprint density at radius 2 is 1.67 bits per heavy atom. The Labute approximate surface area is 143 Å². The highest BCUT2D eigenvalue weighted by molar-refractivity contribution is 9.10. The maximum atomic E-state index is 5.57. The first-order chi connectivity index (χ1) is 9.97. The van der Waals surface area contributed by atoms with Crippen molar-refractivity contribution in [1.82, 2.24) is 5.32 Å². The van der Waals surface area contributed by atoms with E-state index in [1.54, 1.807) is 7.11 Å². The molecule has 0 amide bonds. The van der Waals surface area contributed by atoms with E-state index in [2.05, 4.69) is 81.4 Å². The third-order valence-corrected chi connectivity index (χ3v) is 5.35. The van der Waals surface area contributed by atoms with Gasteiger partial charge in [0.15, 0.2) is 0 Å². The van der Waals surface area contributed by atoms with Crippen molar-refractivity contribution in [3.8, 4) is 5.75 Å². The molecule has 0 aromatic heterocycles. The van der Waals surface area contributed by atoms with Gasteiger partial charge in [-0.25, -0.2) is 0 Å². The molecule has 2 rings (SSSR count). The molecule has 0 saturated carbocycles. The maximum absolute atomic E-state index is 5.57. The van der Waals surface area contributed by atoms with Crippen molar-refractivity contribution in [2.45, 2.75) is 19.9 Å². The lowest BCUT2D eigenvalue weighted by Crippen LogP contribution is -2.18. The number of rotatable bonds is 4. The molecule has 112 valence electrons. The minimum atomic E-state index is 0.0775. The van der Waals surface area contributed by atoms with Gasteiger partial charge in [-0.15, -0.1) is 0 Å². The van der Waals surface area contributed by atoms with E-state index in [1.807, 2.05) is 7.05 Å². The molecule has 21 heavy (non-hydrogen) atoms. The Bertz CT molecular complexity index is 655. The Kier molecular flexibility index (Phi) is 5.47. The second kappa shape index (κ2) is 6.95. The van der Waals surface area contributed by atoms with Gasteiger partial charge in [0.1, 0.15) is 5.75 Å². The van der Waals surface area contributed by atoms with Gasteiger partial charge >= 0.3 is 0 Å². The standard InChI is InChI=1S/C17H19Br2NO/c1-10-5-6-12(8-14(10)18)17(20-3)13-9-15(19)11(2)7-16(13)21-4/h5-9,17,20H,1-4H3. The molecule has 2 aromatic carbocycles. The first kappa shape index (κ1) is 16.5. The van der Waals surface area contributed by atoms with E-state index in [1.165, 1.54) is 11.1 Å². The van der Waals surface area contributed by atoms with Crippen molar-refractivity contribution >= 4 is 31.9 Å². The highest BCUT2D eigenvalue weighted by Crippen LogP contribution is 2.35. The molecule has 0 aliphatic rings. The summed E-state index contributed by atoms with van der Waals surface area (Å²) in [4.78, 5) is 0. The van der Waals surface area contributed by atoms with Crippen molar-refractivity contribution in [3.05, 3.63) is 61.5 Å². The van der Waals surface area contributed by atoms with Crippen LogP contribution in [0.2, 0.25) is 0 Å². The monoisotopic (exact) mass is 411 g/mol. The quantitative estimate of drug-likeness (QED) is 0.749. The smallest absolute Gasteiger partial charge is 0.124 e. The number of methoxy groups -OCH3 is 1. The topological polar surface area (TPSA) is 21.3 Å². The Balaban J connectivity index is 2.55. The Morgan fingerprint density at radius 1 is 1.00 bits per heavy atom. The van der Waals surface area contributed by atoms with Crippen LogP contribution in [0.5, 0.6) is 5.75 Å². The van der Waals surface area contributed by atoms with Gasteiger partial charge in [-0.1, -0.05) is 44.0 Å². The van der Waals surface area contributed by atoms with Gasteiger partial charge in [0, 0.05) is 14.5 Å². The zero-order valence-corrected chi connectivity index (χ0v) is 15.8. The van der Waals surface area contributed by atoms with E-state index < -0.39 is 0 Å². The van der Waals surface area contributed by atoms with Crippen LogP contribution in [-0.4, -0.2) is 14.2 Å². The van der Waals surface area contributed by atoms with E-state index >= 15 is 0 Å². The lowest BCUT2D eigenvalue weighted by molar-refractivity contribution is 0.405. The van der Waals surface area contributed by atoms with Gasteiger partial charge in [-0.05, 0) is 55.8 Å². The van der Waals surface area contributed by atoms with Gasteiger partial charge in [0.2, 0.25) is 0 Å². The summed E-state index contributed by atoms with van der Waals surface area (Å²) in [5, 5.41) is 3.38. The van der Waals surface area contributed by atoms with Crippen molar-refractivity contribution < 1.29 is 4.74 Å².